The average Bonchev–Trinajstić information content (AvgIpc) is 2.80. The van der Waals surface area contributed by atoms with Crippen molar-refractivity contribution in [3.8, 4) is 5.75 Å². The fourth-order valence-corrected chi connectivity index (χ4v) is 4.06. The summed E-state index contributed by atoms with van der Waals surface area (Å²) in [6.45, 7) is 3.20. The van der Waals surface area contributed by atoms with Gasteiger partial charge >= 0.3 is 0 Å². The van der Waals surface area contributed by atoms with Crippen molar-refractivity contribution in [3.05, 3.63) is 29.8 Å². The van der Waals surface area contributed by atoms with E-state index in [0.29, 0.717) is 0 Å². The SMILES string of the molecule is COc1ccc(CN2CC3CC2CCC3CCN)cc1. The van der Waals surface area contributed by atoms with Gasteiger partial charge in [0.25, 0.3) is 0 Å². The summed E-state index contributed by atoms with van der Waals surface area (Å²) in [7, 11) is 1.72. The highest BCUT2D eigenvalue weighted by Gasteiger charge is 2.39. The molecule has 1 aromatic carbocycles. The van der Waals surface area contributed by atoms with Crippen LogP contribution in [0.2, 0.25) is 0 Å². The summed E-state index contributed by atoms with van der Waals surface area (Å²) in [6, 6.07) is 9.32. The van der Waals surface area contributed by atoms with E-state index in [4.69, 9.17) is 10.5 Å². The Bertz CT molecular complexity index is 431. The molecule has 0 amide bonds. The van der Waals surface area contributed by atoms with Crippen LogP contribution in [0.15, 0.2) is 24.3 Å². The second-order valence-corrected chi connectivity index (χ2v) is 6.34. The zero-order valence-electron chi connectivity index (χ0n) is 12.4. The Kier molecular flexibility index (Phi) is 4.27. The third kappa shape index (κ3) is 2.84. The third-order valence-electron chi connectivity index (χ3n) is 5.18. The van der Waals surface area contributed by atoms with Crippen LogP contribution in [0.3, 0.4) is 0 Å². The normalized spacial score (nSPS) is 29.6. The highest BCUT2D eigenvalue weighted by atomic mass is 16.5. The van der Waals surface area contributed by atoms with E-state index in [1.165, 1.54) is 37.8 Å². The third-order valence-corrected chi connectivity index (χ3v) is 5.18. The Hall–Kier alpha value is -1.06. The fraction of sp³-hybridized carbons (Fsp3) is 0.647. The van der Waals surface area contributed by atoms with Gasteiger partial charge in [0.2, 0.25) is 0 Å². The van der Waals surface area contributed by atoms with Crippen LogP contribution < -0.4 is 10.5 Å². The van der Waals surface area contributed by atoms with Crippen molar-refractivity contribution in [2.75, 3.05) is 20.2 Å². The summed E-state index contributed by atoms with van der Waals surface area (Å²) >= 11 is 0. The molecule has 2 aliphatic rings. The van der Waals surface area contributed by atoms with Crippen molar-refractivity contribution in [2.24, 2.45) is 17.6 Å². The Morgan fingerprint density at radius 1 is 1.25 bits per heavy atom. The minimum Gasteiger partial charge on any atom is -0.497 e. The average molecular weight is 274 g/mol. The molecule has 1 aliphatic carbocycles. The molecule has 1 heterocycles. The Labute approximate surface area is 122 Å². The highest BCUT2D eigenvalue weighted by Crippen LogP contribution is 2.41. The van der Waals surface area contributed by atoms with Gasteiger partial charge in [-0.1, -0.05) is 12.1 Å². The summed E-state index contributed by atoms with van der Waals surface area (Å²) in [4.78, 5) is 2.68. The molecule has 0 radical (unpaired) electrons. The van der Waals surface area contributed by atoms with Gasteiger partial charge < -0.3 is 10.5 Å². The van der Waals surface area contributed by atoms with Crippen LogP contribution in [0.25, 0.3) is 0 Å². The summed E-state index contributed by atoms with van der Waals surface area (Å²) < 4.78 is 5.22. The smallest absolute Gasteiger partial charge is 0.118 e. The van der Waals surface area contributed by atoms with Gasteiger partial charge in [-0.2, -0.15) is 0 Å². The van der Waals surface area contributed by atoms with Crippen LogP contribution in [0.5, 0.6) is 5.75 Å². The van der Waals surface area contributed by atoms with Gasteiger partial charge in [0.15, 0.2) is 0 Å². The zero-order valence-corrected chi connectivity index (χ0v) is 12.4. The Morgan fingerprint density at radius 3 is 2.75 bits per heavy atom. The van der Waals surface area contributed by atoms with Gasteiger partial charge in [-0.05, 0) is 61.8 Å². The topological polar surface area (TPSA) is 38.5 Å². The van der Waals surface area contributed by atoms with E-state index in [1.54, 1.807) is 7.11 Å². The van der Waals surface area contributed by atoms with Crippen molar-refractivity contribution in [3.63, 3.8) is 0 Å². The molecule has 110 valence electrons. The van der Waals surface area contributed by atoms with Crippen LogP contribution in [0, 0.1) is 11.8 Å². The number of benzene rings is 1. The van der Waals surface area contributed by atoms with Gasteiger partial charge in [0.1, 0.15) is 5.75 Å². The van der Waals surface area contributed by atoms with E-state index in [9.17, 15) is 0 Å². The van der Waals surface area contributed by atoms with E-state index >= 15 is 0 Å². The van der Waals surface area contributed by atoms with Crippen LogP contribution in [-0.4, -0.2) is 31.1 Å². The van der Waals surface area contributed by atoms with Gasteiger partial charge in [-0.25, -0.2) is 0 Å². The maximum atomic E-state index is 5.75. The van der Waals surface area contributed by atoms with E-state index in [-0.39, 0.29) is 0 Å². The number of hydrogen-bond acceptors (Lipinski definition) is 3. The molecule has 20 heavy (non-hydrogen) atoms. The molecule has 0 aromatic heterocycles. The summed E-state index contributed by atoms with van der Waals surface area (Å²) in [5, 5.41) is 0. The zero-order chi connectivity index (χ0) is 13.9. The molecule has 2 fully saturated rings. The molecule has 3 rings (SSSR count). The van der Waals surface area contributed by atoms with E-state index in [0.717, 1.165) is 36.7 Å². The first kappa shape index (κ1) is 13.9. The lowest BCUT2D eigenvalue weighted by Crippen LogP contribution is -2.28. The molecule has 3 unspecified atom stereocenters. The number of ether oxygens (including phenoxy) is 1. The first-order chi connectivity index (χ1) is 9.80. The Balaban J connectivity index is 1.61. The van der Waals surface area contributed by atoms with Gasteiger partial charge in [-0.3, -0.25) is 4.90 Å². The number of nitrogens with zero attached hydrogens (tertiary/aromatic N) is 1. The molecule has 1 saturated carbocycles. The summed E-state index contributed by atoms with van der Waals surface area (Å²) in [5.74, 6) is 2.70. The lowest BCUT2D eigenvalue weighted by molar-refractivity contribution is 0.226. The molecule has 1 aliphatic heterocycles. The summed E-state index contributed by atoms with van der Waals surface area (Å²) in [5.41, 5.74) is 7.15. The molecule has 2 N–H and O–H groups in total. The van der Waals surface area contributed by atoms with Gasteiger partial charge in [0.05, 0.1) is 7.11 Å². The predicted molar refractivity (Wildman–Crippen MR) is 81.7 cm³/mol. The lowest BCUT2D eigenvalue weighted by atomic mass is 9.78. The minimum absolute atomic E-state index is 0.802. The van der Waals surface area contributed by atoms with Crippen molar-refractivity contribution in [2.45, 2.75) is 38.3 Å². The lowest BCUT2D eigenvalue weighted by Gasteiger charge is -2.28. The van der Waals surface area contributed by atoms with Gasteiger partial charge in [0, 0.05) is 19.1 Å². The van der Waals surface area contributed by atoms with Crippen molar-refractivity contribution in [1.29, 1.82) is 0 Å². The molecule has 2 bridgehead atoms. The molecule has 1 aromatic rings. The standard InChI is InChI=1S/C17H26N2O/c1-20-17-6-2-13(3-7-17)11-19-12-15-10-16(19)5-4-14(15)8-9-18/h2-3,6-7,14-16H,4-5,8-12,18H2,1H3. The molecule has 3 atom stereocenters. The highest BCUT2D eigenvalue weighted by molar-refractivity contribution is 5.27. The van der Waals surface area contributed by atoms with E-state index in [1.807, 2.05) is 0 Å². The quantitative estimate of drug-likeness (QED) is 0.897. The van der Waals surface area contributed by atoms with Crippen LogP contribution in [-0.2, 0) is 6.54 Å². The van der Waals surface area contributed by atoms with Crippen molar-refractivity contribution >= 4 is 0 Å². The molecule has 1 saturated heterocycles. The Morgan fingerprint density at radius 2 is 2.05 bits per heavy atom. The minimum atomic E-state index is 0.802. The number of hydrogen-bond donors (Lipinski definition) is 1. The molecular weight excluding hydrogens is 248 g/mol. The second kappa shape index (κ2) is 6.15. The molecule has 3 heteroatoms. The van der Waals surface area contributed by atoms with Crippen LogP contribution >= 0.6 is 0 Å². The van der Waals surface area contributed by atoms with E-state index < -0.39 is 0 Å². The molecular formula is C17H26N2O. The predicted octanol–water partition coefficient (Wildman–Crippen LogP) is 2.64. The van der Waals surface area contributed by atoms with Crippen molar-refractivity contribution in [1.82, 2.24) is 4.90 Å². The maximum Gasteiger partial charge on any atom is 0.118 e. The number of likely N-dealkylation sites (tertiary alicyclic amines) is 1. The summed E-state index contributed by atoms with van der Waals surface area (Å²) in [6.07, 6.45) is 5.34. The number of nitrogens with two attached hydrogens (primary N) is 1. The van der Waals surface area contributed by atoms with E-state index in [2.05, 4.69) is 29.2 Å². The number of fused-ring (bicyclic) bond motifs is 2. The monoisotopic (exact) mass is 274 g/mol. The maximum absolute atomic E-state index is 5.75. The number of rotatable bonds is 5. The molecule has 0 spiro atoms. The first-order valence-corrected chi connectivity index (χ1v) is 7.87. The number of methoxy groups -OCH3 is 1. The van der Waals surface area contributed by atoms with Crippen LogP contribution in [0.1, 0.15) is 31.2 Å². The van der Waals surface area contributed by atoms with Gasteiger partial charge in [-0.15, -0.1) is 0 Å². The second-order valence-electron chi connectivity index (χ2n) is 6.34. The van der Waals surface area contributed by atoms with Crippen LogP contribution in [0.4, 0.5) is 0 Å². The fourth-order valence-electron chi connectivity index (χ4n) is 4.06. The molecule has 3 nitrogen and oxygen atoms in total. The largest absolute Gasteiger partial charge is 0.497 e. The van der Waals surface area contributed by atoms with Crippen molar-refractivity contribution < 1.29 is 4.74 Å². The first-order valence-electron chi connectivity index (χ1n) is 7.87.